The predicted molar refractivity (Wildman–Crippen MR) is 139 cm³/mol. The summed E-state index contributed by atoms with van der Waals surface area (Å²) in [5.41, 5.74) is 0.132. The molecule has 0 aliphatic heterocycles. The number of alkyl carbamates (subject to hydrolysis) is 1. The molecule has 202 valence electrons. The van der Waals surface area contributed by atoms with Crippen LogP contribution in [0.4, 0.5) is 10.5 Å². The van der Waals surface area contributed by atoms with E-state index < -0.39 is 42.2 Å². The number of nitrogens with zero attached hydrogens (tertiary/aromatic N) is 1. The van der Waals surface area contributed by atoms with E-state index in [4.69, 9.17) is 9.47 Å². The lowest BCUT2D eigenvalue weighted by Gasteiger charge is -2.34. The van der Waals surface area contributed by atoms with E-state index in [2.05, 4.69) is 10.6 Å². The van der Waals surface area contributed by atoms with Gasteiger partial charge in [-0.25, -0.2) is 4.79 Å². The molecule has 0 radical (unpaired) electrons. The van der Waals surface area contributed by atoms with Crippen LogP contribution < -0.4 is 15.4 Å². The molecule has 37 heavy (non-hydrogen) atoms. The van der Waals surface area contributed by atoms with Gasteiger partial charge in [0.05, 0.1) is 13.7 Å². The topological polar surface area (TPSA) is 137 Å². The minimum atomic E-state index is -1.33. The largest absolute Gasteiger partial charge is 0.508 e. The number of anilines is 1. The molecule has 0 bridgehead atoms. The second-order valence-electron chi connectivity index (χ2n) is 9.48. The zero-order chi connectivity index (χ0) is 27.6. The van der Waals surface area contributed by atoms with Crippen molar-refractivity contribution in [3.8, 4) is 11.5 Å². The third-order valence-corrected chi connectivity index (χ3v) is 5.33. The average molecular weight is 516 g/mol. The van der Waals surface area contributed by atoms with Crippen molar-refractivity contribution in [1.29, 1.82) is 0 Å². The molecule has 0 saturated carbocycles. The highest BCUT2D eigenvalue weighted by Gasteiger charge is 2.36. The molecule has 0 aliphatic carbocycles. The van der Waals surface area contributed by atoms with Crippen molar-refractivity contribution in [3.05, 3.63) is 54.1 Å². The Kier molecular flexibility index (Phi) is 10.7. The number of phenolic OH excluding ortho intramolecular Hbond substituents is 1. The standard InChI is InChI=1S/C27H37N3O7/c1-6-7-16-30(25(34)22(17-31)29-26(35)37-27(2,3)4)23(18-8-12-20(32)13-9-18)24(33)28-19-10-14-21(36-5)15-11-19/h8-15,22-23,31-32H,6-7,16-17H2,1-5H3,(H,28,33)(H,29,35). The monoisotopic (exact) mass is 515 g/mol. The van der Waals surface area contributed by atoms with Gasteiger partial charge in [-0.05, 0) is 69.2 Å². The molecule has 2 aromatic carbocycles. The van der Waals surface area contributed by atoms with Crippen molar-refractivity contribution in [2.24, 2.45) is 0 Å². The minimum absolute atomic E-state index is 0.00400. The summed E-state index contributed by atoms with van der Waals surface area (Å²) >= 11 is 0. The van der Waals surface area contributed by atoms with Gasteiger partial charge in [0.25, 0.3) is 5.91 Å². The van der Waals surface area contributed by atoms with Gasteiger partial charge in [-0.2, -0.15) is 0 Å². The van der Waals surface area contributed by atoms with Crippen LogP contribution in [0.25, 0.3) is 0 Å². The van der Waals surface area contributed by atoms with Crippen LogP contribution >= 0.6 is 0 Å². The molecule has 3 amide bonds. The number of carbonyl (C=O) groups excluding carboxylic acids is 3. The average Bonchev–Trinajstić information content (AvgIpc) is 2.84. The summed E-state index contributed by atoms with van der Waals surface area (Å²) in [6.07, 6.45) is 0.440. The number of amides is 3. The SMILES string of the molecule is CCCCN(C(=O)C(CO)NC(=O)OC(C)(C)C)C(C(=O)Nc1ccc(OC)cc1)c1ccc(O)cc1. The molecule has 2 rings (SSSR count). The molecule has 10 heteroatoms. The molecule has 0 fully saturated rings. The van der Waals surface area contributed by atoms with E-state index in [-0.39, 0.29) is 12.3 Å². The normalized spacial score (nSPS) is 12.7. The Morgan fingerprint density at radius 1 is 1.03 bits per heavy atom. The van der Waals surface area contributed by atoms with Crippen molar-refractivity contribution in [3.63, 3.8) is 0 Å². The molecule has 4 N–H and O–H groups in total. The first kappa shape index (κ1) is 29.4. The summed E-state index contributed by atoms with van der Waals surface area (Å²) in [4.78, 5) is 40.9. The molecule has 10 nitrogen and oxygen atoms in total. The number of hydrogen-bond acceptors (Lipinski definition) is 7. The van der Waals surface area contributed by atoms with Crippen molar-refractivity contribution in [1.82, 2.24) is 10.2 Å². The van der Waals surface area contributed by atoms with Crippen LogP contribution in [-0.4, -0.2) is 64.9 Å². The number of unbranched alkanes of at least 4 members (excludes halogenated alkanes) is 1. The number of benzene rings is 2. The third kappa shape index (κ3) is 8.98. The van der Waals surface area contributed by atoms with Crippen LogP contribution in [0.5, 0.6) is 11.5 Å². The van der Waals surface area contributed by atoms with Crippen LogP contribution in [0.15, 0.2) is 48.5 Å². The van der Waals surface area contributed by atoms with Crippen LogP contribution in [0.1, 0.15) is 52.1 Å². The lowest BCUT2D eigenvalue weighted by Crippen LogP contribution is -2.54. The van der Waals surface area contributed by atoms with Gasteiger partial charge in [-0.15, -0.1) is 0 Å². The zero-order valence-corrected chi connectivity index (χ0v) is 22.0. The van der Waals surface area contributed by atoms with Gasteiger partial charge in [0.2, 0.25) is 5.91 Å². The lowest BCUT2D eigenvalue weighted by atomic mass is 10.0. The van der Waals surface area contributed by atoms with Crippen molar-refractivity contribution in [2.75, 3.05) is 25.6 Å². The first-order valence-corrected chi connectivity index (χ1v) is 12.1. The zero-order valence-electron chi connectivity index (χ0n) is 22.0. The molecule has 0 spiro atoms. The van der Waals surface area contributed by atoms with Crippen LogP contribution in [0.2, 0.25) is 0 Å². The second-order valence-corrected chi connectivity index (χ2v) is 9.48. The number of rotatable bonds is 11. The minimum Gasteiger partial charge on any atom is -0.508 e. The number of carbonyl (C=O) groups is 3. The van der Waals surface area contributed by atoms with Crippen LogP contribution in [-0.2, 0) is 14.3 Å². The van der Waals surface area contributed by atoms with Crippen molar-refractivity contribution < 1.29 is 34.1 Å². The summed E-state index contributed by atoms with van der Waals surface area (Å²) in [5, 5.41) is 25.0. The molecule has 0 saturated heterocycles. The number of nitrogens with one attached hydrogen (secondary N) is 2. The number of aliphatic hydroxyl groups is 1. The summed E-state index contributed by atoms with van der Waals surface area (Å²) in [7, 11) is 1.54. The van der Waals surface area contributed by atoms with E-state index in [0.29, 0.717) is 23.4 Å². The van der Waals surface area contributed by atoms with Gasteiger partial charge in [0.1, 0.15) is 29.2 Å². The molecule has 2 atom stereocenters. The number of hydrogen-bond donors (Lipinski definition) is 4. The fraction of sp³-hybridized carbons (Fsp3) is 0.444. The van der Waals surface area contributed by atoms with E-state index >= 15 is 0 Å². The number of aliphatic hydroxyl groups excluding tert-OH is 1. The third-order valence-electron chi connectivity index (χ3n) is 5.33. The maximum absolute atomic E-state index is 13.7. The van der Waals surface area contributed by atoms with E-state index in [1.807, 2.05) is 6.92 Å². The highest BCUT2D eigenvalue weighted by Crippen LogP contribution is 2.27. The maximum atomic E-state index is 13.7. The van der Waals surface area contributed by atoms with E-state index in [0.717, 1.165) is 6.42 Å². The Balaban J connectivity index is 2.43. The Bertz CT molecular complexity index is 1030. The maximum Gasteiger partial charge on any atom is 0.408 e. The lowest BCUT2D eigenvalue weighted by molar-refractivity contribution is -0.141. The number of phenols is 1. The van der Waals surface area contributed by atoms with Gasteiger partial charge in [-0.3, -0.25) is 9.59 Å². The molecule has 0 heterocycles. The number of methoxy groups -OCH3 is 1. The second kappa shape index (κ2) is 13.5. The van der Waals surface area contributed by atoms with Gasteiger partial charge in [0, 0.05) is 12.2 Å². The summed E-state index contributed by atoms with van der Waals surface area (Å²) in [5.74, 6) is -0.532. The van der Waals surface area contributed by atoms with Gasteiger partial charge in [-0.1, -0.05) is 25.5 Å². The van der Waals surface area contributed by atoms with Gasteiger partial charge >= 0.3 is 6.09 Å². The molecular weight excluding hydrogens is 478 g/mol. The molecule has 0 aromatic heterocycles. The van der Waals surface area contributed by atoms with Crippen molar-refractivity contribution in [2.45, 2.75) is 58.2 Å². The summed E-state index contributed by atoms with van der Waals surface area (Å²) in [6, 6.07) is 10.2. The first-order chi connectivity index (χ1) is 17.5. The molecular formula is C27H37N3O7. The fourth-order valence-corrected chi connectivity index (χ4v) is 3.54. The Morgan fingerprint density at radius 3 is 2.16 bits per heavy atom. The van der Waals surface area contributed by atoms with Crippen molar-refractivity contribution >= 4 is 23.6 Å². The van der Waals surface area contributed by atoms with E-state index in [9.17, 15) is 24.6 Å². The summed E-state index contributed by atoms with van der Waals surface area (Å²) in [6.45, 7) is 6.48. The highest BCUT2D eigenvalue weighted by molar-refractivity contribution is 5.99. The quantitative estimate of drug-likeness (QED) is 0.359. The molecule has 0 aliphatic rings. The van der Waals surface area contributed by atoms with E-state index in [1.165, 1.54) is 24.1 Å². The smallest absolute Gasteiger partial charge is 0.408 e. The van der Waals surface area contributed by atoms with Gasteiger partial charge < -0.3 is 35.2 Å². The number of ether oxygens (including phenoxy) is 2. The fourth-order valence-electron chi connectivity index (χ4n) is 3.54. The molecule has 2 unspecified atom stereocenters. The summed E-state index contributed by atoms with van der Waals surface area (Å²) < 4.78 is 10.4. The molecule has 2 aromatic rings. The van der Waals surface area contributed by atoms with E-state index in [1.54, 1.807) is 57.2 Å². The number of aromatic hydroxyl groups is 1. The Labute approximate surface area is 217 Å². The van der Waals surface area contributed by atoms with Crippen LogP contribution in [0.3, 0.4) is 0 Å². The van der Waals surface area contributed by atoms with Crippen LogP contribution in [0, 0.1) is 0 Å². The Hall–Kier alpha value is -3.79. The highest BCUT2D eigenvalue weighted by atomic mass is 16.6. The predicted octanol–water partition coefficient (Wildman–Crippen LogP) is 3.59. The van der Waals surface area contributed by atoms with Gasteiger partial charge in [0.15, 0.2) is 0 Å². The first-order valence-electron chi connectivity index (χ1n) is 12.1. The Morgan fingerprint density at radius 2 is 1.65 bits per heavy atom.